The predicted octanol–water partition coefficient (Wildman–Crippen LogP) is 2.37. The molecule has 1 saturated carbocycles. The van der Waals surface area contributed by atoms with Crippen molar-refractivity contribution in [2.75, 3.05) is 19.8 Å². The average Bonchev–Trinajstić information content (AvgIpc) is 2.34. The van der Waals surface area contributed by atoms with Crippen LogP contribution in [-0.4, -0.2) is 37.1 Å². The smallest absolute Gasteiger partial charge is 0.0801 e. The summed E-state index contributed by atoms with van der Waals surface area (Å²) in [6, 6.07) is 0. The Bertz CT molecular complexity index is 167. The van der Waals surface area contributed by atoms with E-state index in [-0.39, 0.29) is 12.2 Å². The van der Waals surface area contributed by atoms with E-state index in [9.17, 15) is 5.11 Å². The molecule has 1 rings (SSSR count). The summed E-state index contributed by atoms with van der Waals surface area (Å²) in [7, 11) is 0. The molecule has 0 spiro atoms. The third-order valence-corrected chi connectivity index (χ3v) is 3.30. The van der Waals surface area contributed by atoms with E-state index in [0.29, 0.717) is 19.1 Å². The summed E-state index contributed by atoms with van der Waals surface area (Å²) in [5.74, 6) is 0.452. The normalized spacial score (nSPS) is 21.9. The van der Waals surface area contributed by atoms with Gasteiger partial charge in [0.2, 0.25) is 0 Å². The summed E-state index contributed by atoms with van der Waals surface area (Å²) in [5.41, 5.74) is 0. The van der Waals surface area contributed by atoms with Crippen molar-refractivity contribution in [3.05, 3.63) is 0 Å². The van der Waals surface area contributed by atoms with Gasteiger partial charge in [0.05, 0.1) is 25.4 Å². The number of aliphatic hydroxyl groups is 1. The summed E-state index contributed by atoms with van der Waals surface area (Å²) in [6.07, 6.45) is 5.95. The van der Waals surface area contributed by atoms with Gasteiger partial charge in [0.1, 0.15) is 0 Å². The number of aliphatic hydroxyl groups excluding tert-OH is 1. The predicted molar refractivity (Wildman–Crippen MR) is 64.5 cm³/mol. The van der Waals surface area contributed by atoms with Gasteiger partial charge in [-0.15, -0.1) is 0 Å². The van der Waals surface area contributed by atoms with E-state index in [1.54, 1.807) is 0 Å². The maximum atomic E-state index is 9.98. The molecule has 0 heterocycles. The molecule has 2 unspecified atom stereocenters. The van der Waals surface area contributed by atoms with Crippen molar-refractivity contribution < 1.29 is 14.6 Å². The molecule has 0 aromatic heterocycles. The van der Waals surface area contributed by atoms with Gasteiger partial charge in [-0.1, -0.05) is 19.3 Å². The third kappa shape index (κ3) is 5.28. The minimum absolute atomic E-state index is 0.0817. The van der Waals surface area contributed by atoms with Gasteiger partial charge in [-0.3, -0.25) is 0 Å². The highest BCUT2D eigenvalue weighted by molar-refractivity contribution is 4.73. The fourth-order valence-electron chi connectivity index (χ4n) is 2.25. The maximum absolute atomic E-state index is 9.98. The zero-order valence-electron chi connectivity index (χ0n) is 10.7. The summed E-state index contributed by atoms with van der Waals surface area (Å²) in [5, 5.41) is 9.98. The second-order valence-corrected chi connectivity index (χ2v) is 4.77. The standard InChI is InChI=1S/C13H26O3/c1-3-15-9-11(2)16-10-13(14)12-7-5-4-6-8-12/h11-14H,3-10H2,1-2H3. The lowest BCUT2D eigenvalue weighted by atomic mass is 9.85. The molecule has 3 nitrogen and oxygen atoms in total. The highest BCUT2D eigenvalue weighted by Crippen LogP contribution is 2.26. The van der Waals surface area contributed by atoms with E-state index in [0.717, 1.165) is 19.4 Å². The quantitative estimate of drug-likeness (QED) is 0.729. The molecular formula is C13H26O3. The molecule has 96 valence electrons. The molecule has 1 aliphatic rings. The molecule has 1 fully saturated rings. The zero-order chi connectivity index (χ0) is 11.8. The Morgan fingerprint density at radius 3 is 2.50 bits per heavy atom. The highest BCUT2D eigenvalue weighted by atomic mass is 16.5. The Kier molecular flexibility index (Phi) is 7.01. The molecule has 1 aliphatic carbocycles. The van der Waals surface area contributed by atoms with Crippen molar-refractivity contribution in [2.24, 2.45) is 5.92 Å². The second kappa shape index (κ2) is 8.04. The van der Waals surface area contributed by atoms with Gasteiger partial charge in [-0.25, -0.2) is 0 Å². The van der Waals surface area contributed by atoms with Gasteiger partial charge in [-0.2, -0.15) is 0 Å². The Morgan fingerprint density at radius 1 is 1.19 bits per heavy atom. The van der Waals surface area contributed by atoms with Crippen molar-refractivity contribution in [1.29, 1.82) is 0 Å². The minimum atomic E-state index is -0.288. The van der Waals surface area contributed by atoms with Crippen molar-refractivity contribution in [3.8, 4) is 0 Å². The number of hydrogen-bond acceptors (Lipinski definition) is 3. The minimum Gasteiger partial charge on any atom is -0.390 e. The summed E-state index contributed by atoms with van der Waals surface area (Å²) in [4.78, 5) is 0. The van der Waals surface area contributed by atoms with Crippen LogP contribution in [0.1, 0.15) is 46.0 Å². The molecule has 0 aromatic carbocycles. The van der Waals surface area contributed by atoms with E-state index in [4.69, 9.17) is 9.47 Å². The van der Waals surface area contributed by atoms with Crippen LogP contribution >= 0.6 is 0 Å². The molecule has 0 aromatic rings. The number of rotatable bonds is 7. The van der Waals surface area contributed by atoms with Crippen LogP contribution in [0.15, 0.2) is 0 Å². The first-order chi connectivity index (χ1) is 7.74. The molecular weight excluding hydrogens is 204 g/mol. The van der Waals surface area contributed by atoms with Crippen LogP contribution in [0.25, 0.3) is 0 Å². The number of ether oxygens (including phenoxy) is 2. The van der Waals surface area contributed by atoms with E-state index < -0.39 is 0 Å². The van der Waals surface area contributed by atoms with Gasteiger partial charge in [0, 0.05) is 6.61 Å². The van der Waals surface area contributed by atoms with Crippen molar-refractivity contribution in [3.63, 3.8) is 0 Å². The lowest BCUT2D eigenvalue weighted by Crippen LogP contribution is -2.30. The van der Waals surface area contributed by atoms with Crippen LogP contribution in [0, 0.1) is 5.92 Å². The zero-order valence-corrected chi connectivity index (χ0v) is 10.7. The first-order valence-corrected chi connectivity index (χ1v) is 6.61. The molecule has 0 radical (unpaired) electrons. The summed E-state index contributed by atoms with van der Waals surface area (Å²) < 4.78 is 10.9. The lowest BCUT2D eigenvalue weighted by molar-refractivity contribution is -0.0574. The van der Waals surface area contributed by atoms with Gasteiger partial charge in [0.15, 0.2) is 0 Å². The Labute approximate surface area is 99.1 Å². The van der Waals surface area contributed by atoms with Crippen LogP contribution in [0.2, 0.25) is 0 Å². The summed E-state index contributed by atoms with van der Waals surface area (Å²) in [6.45, 7) is 5.76. The van der Waals surface area contributed by atoms with Crippen molar-refractivity contribution >= 4 is 0 Å². The van der Waals surface area contributed by atoms with Gasteiger partial charge >= 0.3 is 0 Å². The lowest BCUT2D eigenvalue weighted by Gasteiger charge is -2.27. The monoisotopic (exact) mass is 230 g/mol. The molecule has 0 bridgehead atoms. The van der Waals surface area contributed by atoms with E-state index in [1.807, 2.05) is 13.8 Å². The molecule has 2 atom stereocenters. The van der Waals surface area contributed by atoms with Crippen molar-refractivity contribution in [2.45, 2.75) is 58.2 Å². The number of hydrogen-bond donors (Lipinski definition) is 1. The fourth-order valence-corrected chi connectivity index (χ4v) is 2.25. The Morgan fingerprint density at radius 2 is 1.88 bits per heavy atom. The topological polar surface area (TPSA) is 38.7 Å². The SMILES string of the molecule is CCOCC(C)OCC(O)C1CCCCC1. The van der Waals surface area contributed by atoms with Crippen LogP contribution in [0.5, 0.6) is 0 Å². The molecule has 3 heteroatoms. The molecule has 16 heavy (non-hydrogen) atoms. The molecule has 1 N–H and O–H groups in total. The molecule has 0 amide bonds. The van der Waals surface area contributed by atoms with E-state index in [1.165, 1.54) is 19.3 Å². The first-order valence-electron chi connectivity index (χ1n) is 6.61. The van der Waals surface area contributed by atoms with Crippen LogP contribution in [0.4, 0.5) is 0 Å². The first kappa shape index (κ1) is 13.9. The molecule has 0 saturated heterocycles. The van der Waals surface area contributed by atoms with Crippen LogP contribution < -0.4 is 0 Å². The molecule has 0 aliphatic heterocycles. The van der Waals surface area contributed by atoms with Gasteiger partial charge in [0.25, 0.3) is 0 Å². The Balaban J connectivity index is 2.10. The van der Waals surface area contributed by atoms with Gasteiger partial charge < -0.3 is 14.6 Å². The maximum Gasteiger partial charge on any atom is 0.0801 e. The summed E-state index contributed by atoms with van der Waals surface area (Å²) >= 11 is 0. The van der Waals surface area contributed by atoms with Gasteiger partial charge in [-0.05, 0) is 32.6 Å². The van der Waals surface area contributed by atoms with Crippen LogP contribution in [-0.2, 0) is 9.47 Å². The Hall–Kier alpha value is -0.120. The highest BCUT2D eigenvalue weighted by Gasteiger charge is 2.22. The second-order valence-electron chi connectivity index (χ2n) is 4.77. The third-order valence-electron chi connectivity index (χ3n) is 3.30. The van der Waals surface area contributed by atoms with Crippen LogP contribution in [0.3, 0.4) is 0 Å². The average molecular weight is 230 g/mol. The largest absolute Gasteiger partial charge is 0.390 e. The fraction of sp³-hybridized carbons (Fsp3) is 1.00. The van der Waals surface area contributed by atoms with E-state index in [2.05, 4.69) is 0 Å². The van der Waals surface area contributed by atoms with E-state index >= 15 is 0 Å². The van der Waals surface area contributed by atoms with Crippen molar-refractivity contribution in [1.82, 2.24) is 0 Å².